The molecular formula is C23H23ClN2O6S. The number of nitrogens with one attached hydrogen (secondary N) is 2. The van der Waals surface area contributed by atoms with Gasteiger partial charge in [0.05, 0.1) is 24.1 Å². The van der Waals surface area contributed by atoms with Crippen LogP contribution in [0.25, 0.3) is 0 Å². The van der Waals surface area contributed by atoms with Crippen molar-refractivity contribution in [3.05, 3.63) is 77.3 Å². The maximum absolute atomic E-state index is 12.6. The van der Waals surface area contributed by atoms with Crippen LogP contribution in [0, 0.1) is 0 Å². The summed E-state index contributed by atoms with van der Waals surface area (Å²) in [6.45, 7) is 0.0558. The van der Waals surface area contributed by atoms with Gasteiger partial charge in [0.25, 0.3) is 15.9 Å². The number of carbonyl (C=O) groups is 1. The van der Waals surface area contributed by atoms with Gasteiger partial charge in [0.2, 0.25) is 0 Å². The second kappa shape index (κ2) is 10.9. The van der Waals surface area contributed by atoms with Crippen molar-refractivity contribution in [3.8, 4) is 17.2 Å². The highest BCUT2D eigenvalue weighted by atomic mass is 35.5. The minimum atomic E-state index is -3.87. The third-order valence-electron chi connectivity index (χ3n) is 4.56. The lowest BCUT2D eigenvalue weighted by Crippen LogP contribution is -2.28. The Morgan fingerprint density at radius 2 is 1.52 bits per heavy atom. The van der Waals surface area contributed by atoms with E-state index in [0.717, 1.165) is 11.3 Å². The van der Waals surface area contributed by atoms with Crippen molar-refractivity contribution < 1.29 is 27.4 Å². The van der Waals surface area contributed by atoms with Gasteiger partial charge in [-0.25, -0.2) is 8.42 Å². The second-order valence-corrected chi connectivity index (χ2v) is 8.93. The van der Waals surface area contributed by atoms with E-state index in [4.69, 9.17) is 25.8 Å². The zero-order valence-corrected chi connectivity index (χ0v) is 19.6. The van der Waals surface area contributed by atoms with Crippen molar-refractivity contribution in [1.82, 2.24) is 5.32 Å². The fourth-order valence-corrected chi connectivity index (χ4v) is 4.16. The Labute approximate surface area is 197 Å². The average Bonchev–Trinajstić information content (AvgIpc) is 2.82. The van der Waals surface area contributed by atoms with E-state index in [1.54, 1.807) is 43.5 Å². The van der Waals surface area contributed by atoms with Crippen LogP contribution >= 0.6 is 11.6 Å². The minimum Gasteiger partial charge on any atom is -0.497 e. The van der Waals surface area contributed by atoms with Crippen molar-refractivity contribution in [2.24, 2.45) is 0 Å². The molecule has 0 saturated heterocycles. The van der Waals surface area contributed by atoms with E-state index >= 15 is 0 Å². The molecule has 0 bridgehead atoms. The molecule has 3 rings (SSSR count). The van der Waals surface area contributed by atoms with Crippen LogP contribution in [0.3, 0.4) is 0 Å². The summed E-state index contributed by atoms with van der Waals surface area (Å²) in [7, 11) is -0.762. The van der Waals surface area contributed by atoms with E-state index in [1.165, 1.54) is 25.3 Å². The highest BCUT2D eigenvalue weighted by molar-refractivity contribution is 7.92. The molecule has 3 aromatic rings. The monoisotopic (exact) mass is 490 g/mol. The first-order valence-electron chi connectivity index (χ1n) is 9.79. The van der Waals surface area contributed by atoms with Gasteiger partial charge in [0, 0.05) is 12.2 Å². The summed E-state index contributed by atoms with van der Waals surface area (Å²) >= 11 is 6.19. The molecule has 2 N–H and O–H groups in total. The SMILES string of the molecule is COc1ccc(CNC(=O)COc2ccc(S(=O)(=O)Nc3ccc(OC)cc3)cc2Cl)cc1. The van der Waals surface area contributed by atoms with Gasteiger partial charge in [-0.05, 0) is 60.2 Å². The maximum atomic E-state index is 12.6. The van der Waals surface area contributed by atoms with Gasteiger partial charge in [-0.3, -0.25) is 9.52 Å². The molecular weight excluding hydrogens is 468 g/mol. The van der Waals surface area contributed by atoms with Gasteiger partial charge in [-0.2, -0.15) is 0 Å². The Morgan fingerprint density at radius 3 is 2.09 bits per heavy atom. The summed E-state index contributed by atoms with van der Waals surface area (Å²) in [6, 6.07) is 17.8. The summed E-state index contributed by atoms with van der Waals surface area (Å²) in [5.41, 5.74) is 1.28. The molecule has 0 saturated carbocycles. The third kappa shape index (κ3) is 6.77. The summed E-state index contributed by atoms with van der Waals surface area (Å²) < 4.78 is 43.3. The normalized spacial score (nSPS) is 10.9. The van der Waals surface area contributed by atoms with Crippen LogP contribution in [0.4, 0.5) is 5.69 Å². The first-order chi connectivity index (χ1) is 15.8. The van der Waals surface area contributed by atoms with Gasteiger partial charge in [0.1, 0.15) is 17.2 Å². The molecule has 8 nitrogen and oxygen atoms in total. The molecule has 0 aliphatic carbocycles. The molecule has 0 aliphatic heterocycles. The molecule has 0 unspecified atom stereocenters. The Bertz CT molecular complexity index is 1200. The highest BCUT2D eigenvalue weighted by Crippen LogP contribution is 2.28. The van der Waals surface area contributed by atoms with E-state index in [2.05, 4.69) is 10.0 Å². The van der Waals surface area contributed by atoms with Gasteiger partial charge in [-0.1, -0.05) is 23.7 Å². The van der Waals surface area contributed by atoms with E-state index in [9.17, 15) is 13.2 Å². The molecule has 1 amide bonds. The van der Waals surface area contributed by atoms with Gasteiger partial charge in [0.15, 0.2) is 6.61 Å². The molecule has 0 aromatic heterocycles. The number of hydrogen-bond donors (Lipinski definition) is 2. The quantitative estimate of drug-likeness (QED) is 0.447. The molecule has 0 fully saturated rings. The number of hydrogen-bond acceptors (Lipinski definition) is 6. The van der Waals surface area contributed by atoms with Crippen LogP contribution in [0.1, 0.15) is 5.56 Å². The van der Waals surface area contributed by atoms with Crippen molar-refractivity contribution in [2.45, 2.75) is 11.4 Å². The van der Waals surface area contributed by atoms with E-state index in [1.807, 2.05) is 12.1 Å². The number of rotatable bonds is 10. The zero-order chi connectivity index (χ0) is 23.8. The summed E-state index contributed by atoms with van der Waals surface area (Å²) in [5.74, 6) is 1.18. The first-order valence-corrected chi connectivity index (χ1v) is 11.7. The third-order valence-corrected chi connectivity index (χ3v) is 6.24. The van der Waals surface area contributed by atoms with Crippen molar-refractivity contribution in [2.75, 3.05) is 25.5 Å². The number of benzene rings is 3. The largest absolute Gasteiger partial charge is 0.497 e. The fourth-order valence-electron chi connectivity index (χ4n) is 2.78. The van der Waals surface area contributed by atoms with Gasteiger partial charge < -0.3 is 19.5 Å². The zero-order valence-electron chi connectivity index (χ0n) is 18.0. The Morgan fingerprint density at radius 1 is 0.909 bits per heavy atom. The molecule has 0 spiro atoms. The number of halogens is 1. The Kier molecular flexibility index (Phi) is 8.02. The Hall–Kier alpha value is -3.43. The molecule has 0 aliphatic rings. The molecule has 33 heavy (non-hydrogen) atoms. The van der Waals surface area contributed by atoms with Crippen molar-refractivity contribution >= 4 is 33.2 Å². The Balaban J connectivity index is 1.56. The number of sulfonamides is 1. The summed E-state index contributed by atoms with van der Waals surface area (Å²) in [4.78, 5) is 12.0. The molecule has 174 valence electrons. The highest BCUT2D eigenvalue weighted by Gasteiger charge is 2.17. The van der Waals surface area contributed by atoms with E-state index in [-0.39, 0.29) is 28.2 Å². The number of amides is 1. The van der Waals surface area contributed by atoms with Gasteiger partial charge >= 0.3 is 0 Å². The second-order valence-electron chi connectivity index (χ2n) is 6.84. The molecule has 0 heterocycles. The smallest absolute Gasteiger partial charge is 0.261 e. The van der Waals surface area contributed by atoms with E-state index in [0.29, 0.717) is 18.0 Å². The molecule has 3 aromatic carbocycles. The van der Waals surface area contributed by atoms with Crippen LogP contribution in [0.2, 0.25) is 5.02 Å². The summed E-state index contributed by atoms with van der Waals surface area (Å²) in [5, 5.41) is 2.80. The van der Waals surface area contributed by atoms with Gasteiger partial charge in [-0.15, -0.1) is 0 Å². The topological polar surface area (TPSA) is 103 Å². The number of carbonyl (C=O) groups excluding carboxylic acids is 1. The van der Waals surface area contributed by atoms with Crippen LogP contribution in [0.5, 0.6) is 17.2 Å². The molecule has 10 heteroatoms. The first kappa shape index (κ1) is 24.2. The van der Waals surface area contributed by atoms with Crippen molar-refractivity contribution in [1.29, 1.82) is 0 Å². The number of ether oxygens (including phenoxy) is 3. The van der Waals surface area contributed by atoms with Crippen LogP contribution in [0.15, 0.2) is 71.6 Å². The molecule has 0 atom stereocenters. The lowest BCUT2D eigenvalue weighted by Gasteiger charge is -2.12. The van der Waals surface area contributed by atoms with Crippen LogP contribution in [-0.4, -0.2) is 35.2 Å². The predicted molar refractivity (Wildman–Crippen MR) is 126 cm³/mol. The predicted octanol–water partition coefficient (Wildman–Crippen LogP) is 3.85. The summed E-state index contributed by atoms with van der Waals surface area (Å²) in [6.07, 6.45) is 0. The van der Waals surface area contributed by atoms with Crippen LogP contribution < -0.4 is 24.2 Å². The minimum absolute atomic E-state index is 0.0420. The number of methoxy groups -OCH3 is 2. The maximum Gasteiger partial charge on any atom is 0.261 e. The van der Waals surface area contributed by atoms with E-state index < -0.39 is 10.0 Å². The standard InChI is InChI=1S/C23H23ClN2O6S/c1-30-18-7-3-16(4-8-18)14-25-23(27)15-32-22-12-11-20(13-21(22)24)33(28,29)26-17-5-9-19(31-2)10-6-17/h3-13,26H,14-15H2,1-2H3,(H,25,27). The van der Waals surface area contributed by atoms with Crippen LogP contribution in [-0.2, 0) is 21.4 Å². The molecule has 0 radical (unpaired) electrons. The number of anilines is 1. The lowest BCUT2D eigenvalue weighted by atomic mass is 10.2. The van der Waals surface area contributed by atoms with Crippen molar-refractivity contribution in [3.63, 3.8) is 0 Å². The average molecular weight is 491 g/mol. The lowest BCUT2D eigenvalue weighted by molar-refractivity contribution is -0.123. The fraction of sp³-hybridized carbons (Fsp3) is 0.174.